The van der Waals surface area contributed by atoms with Gasteiger partial charge in [-0.3, -0.25) is 9.59 Å². The van der Waals surface area contributed by atoms with E-state index in [1.165, 1.54) is 12.1 Å². The minimum Gasteiger partial charge on any atom is -0.481 e. The molecule has 2 aromatic carbocycles. The topological polar surface area (TPSA) is 63.6 Å². The molecule has 3 rings (SSSR count). The minimum atomic E-state index is -4.51. The van der Waals surface area contributed by atoms with Gasteiger partial charge in [0.1, 0.15) is 6.61 Å². The summed E-state index contributed by atoms with van der Waals surface area (Å²) in [7, 11) is 0. The van der Waals surface area contributed by atoms with Crippen LogP contribution in [0.5, 0.6) is 0 Å². The molecule has 3 atom stereocenters. The Morgan fingerprint density at radius 3 is 2.40 bits per heavy atom. The fourth-order valence-corrected chi connectivity index (χ4v) is 4.61. The Hall–Kier alpha value is -2.35. The third-order valence-corrected chi connectivity index (χ3v) is 6.09. The van der Waals surface area contributed by atoms with Gasteiger partial charge in [0.15, 0.2) is 0 Å². The highest BCUT2D eigenvalue weighted by Gasteiger charge is 2.44. The maximum absolute atomic E-state index is 13.1. The zero-order valence-electron chi connectivity index (χ0n) is 15.9. The van der Waals surface area contributed by atoms with Crippen LogP contribution in [-0.2, 0) is 27.1 Å². The van der Waals surface area contributed by atoms with Crippen LogP contribution in [0.25, 0.3) is 0 Å². The molecule has 0 amide bonds. The van der Waals surface area contributed by atoms with Gasteiger partial charge in [-0.25, -0.2) is 0 Å². The van der Waals surface area contributed by atoms with Gasteiger partial charge in [-0.15, -0.1) is 0 Å². The predicted octanol–water partition coefficient (Wildman–Crippen LogP) is 5.80. The second-order valence-electron chi connectivity index (χ2n) is 7.34. The highest BCUT2D eigenvalue weighted by molar-refractivity contribution is 9.10. The number of alkyl halides is 3. The first-order valence-corrected chi connectivity index (χ1v) is 10.3. The lowest BCUT2D eigenvalue weighted by Gasteiger charge is -2.35. The van der Waals surface area contributed by atoms with Crippen LogP contribution in [-0.4, -0.2) is 17.0 Å². The van der Waals surface area contributed by atoms with E-state index >= 15 is 0 Å². The fourth-order valence-electron chi connectivity index (χ4n) is 3.99. The molecule has 4 nitrogen and oxygen atoms in total. The first kappa shape index (κ1) is 22.3. The minimum absolute atomic E-state index is 0.00589. The molecule has 0 heterocycles. The Balaban J connectivity index is 1.88. The standard InChI is InChI=1S/C22H20BrF3O4/c23-18-11-14(9-10-17(18)22(24,25)26)15-7-4-8-16(20(27)28)19(15)21(29)30-12-13-5-2-1-3-6-13/h1-3,5-6,9-11,15-16,19H,4,7-8,12H2,(H,27,28)/t15-,16-,19-/m1/s1. The second kappa shape index (κ2) is 9.20. The van der Waals surface area contributed by atoms with Gasteiger partial charge in [0.25, 0.3) is 0 Å². The number of ether oxygens (including phenoxy) is 1. The third kappa shape index (κ3) is 5.03. The van der Waals surface area contributed by atoms with Crippen molar-refractivity contribution in [3.63, 3.8) is 0 Å². The normalized spacial score (nSPS) is 21.8. The molecule has 0 aromatic heterocycles. The fraction of sp³-hybridized carbons (Fsp3) is 0.364. The first-order valence-electron chi connectivity index (χ1n) is 9.48. The van der Waals surface area contributed by atoms with Crippen molar-refractivity contribution in [3.8, 4) is 0 Å². The van der Waals surface area contributed by atoms with E-state index in [1.54, 1.807) is 24.3 Å². The number of aliphatic carboxylic acids is 1. The summed E-state index contributed by atoms with van der Waals surface area (Å²) < 4.78 is 44.5. The maximum atomic E-state index is 13.1. The van der Waals surface area contributed by atoms with Crippen molar-refractivity contribution in [3.05, 3.63) is 69.7 Å². The van der Waals surface area contributed by atoms with Crippen LogP contribution in [0.1, 0.15) is 41.9 Å². The van der Waals surface area contributed by atoms with E-state index in [0.717, 1.165) is 11.6 Å². The average molecular weight is 485 g/mol. The largest absolute Gasteiger partial charge is 0.481 e. The summed E-state index contributed by atoms with van der Waals surface area (Å²) >= 11 is 2.96. The molecular weight excluding hydrogens is 465 g/mol. The van der Waals surface area contributed by atoms with E-state index in [4.69, 9.17) is 4.74 Å². The molecule has 0 bridgehead atoms. The van der Waals surface area contributed by atoms with Gasteiger partial charge in [0, 0.05) is 4.47 Å². The van der Waals surface area contributed by atoms with E-state index < -0.39 is 41.4 Å². The number of carbonyl (C=O) groups is 2. The van der Waals surface area contributed by atoms with Crippen LogP contribution in [0.15, 0.2) is 53.0 Å². The molecule has 8 heteroatoms. The summed E-state index contributed by atoms with van der Waals surface area (Å²) in [6, 6.07) is 12.6. The number of esters is 1. The van der Waals surface area contributed by atoms with Gasteiger partial charge < -0.3 is 9.84 Å². The molecule has 0 saturated heterocycles. The van der Waals surface area contributed by atoms with Crippen LogP contribution in [0.4, 0.5) is 13.2 Å². The second-order valence-corrected chi connectivity index (χ2v) is 8.19. The molecule has 30 heavy (non-hydrogen) atoms. The quantitative estimate of drug-likeness (QED) is 0.545. The summed E-state index contributed by atoms with van der Waals surface area (Å²) in [6.07, 6.45) is -3.14. The molecular formula is C22H20BrF3O4. The van der Waals surface area contributed by atoms with Crippen LogP contribution in [0, 0.1) is 11.8 Å². The number of carboxylic acids is 1. The predicted molar refractivity (Wildman–Crippen MR) is 107 cm³/mol. The first-order chi connectivity index (χ1) is 14.2. The van der Waals surface area contributed by atoms with Crippen molar-refractivity contribution >= 4 is 27.9 Å². The van der Waals surface area contributed by atoms with Crippen molar-refractivity contribution in [2.45, 2.75) is 38.0 Å². The average Bonchev–Trinajstić information content (AvgIpc) is 2.71. The van der Waals surface area contributed by atoms with E-state index in [2.05, 4.69) is 15.9 Å². The molecule has 2 aromatic rings. The number of carbonyl (C=O) groups excluding carboxylic acids is 1. The summed E-state index contributed by atoms with van der Waals surface area (Å²) in [6.45, 7) is 0.00589. The van der Waals surface area contributed by atoms with Gasteiger partial charge in [-0.2, -0.15) is 13.2 Å². The number of carboxylic acid groups (broad SMARTS) is 1. The summed E-state index contributed by atoms with van der Waals surface area (Å²) in [4.78, 5) is 24.7. The molecule has 1 fully saturated rings. The van der Waals surface area contributed by atoms with E-state index in [9.17, 15) is 27.9 Å². The zero-order chi connectivity index (χ0) is 21.9. The van der Waals surface area contributed by atoms with Gasteiger partial charge in [0.05, 0.1) is 17.4 Å². The molecule has 1 aliphatic rings. The molecule has 0 unspecified atom stereocenters. The molecule has 1 N–H and O–H groups in total. The summed E-state index contributed by atoms with van der Waals surface area (Å²) in [5.74, 6) is -4.21. The molecule has 0 aliphatic heterocycles. The van der Waals surface area contributed by atoms with Crippen molar-refractivity contribution in [1.29, 1.82) is 0 Å². The SMILES string of the molecule is O=C(OCc1ccccc1)[C@@H]1[C@@H](c2ccc(C(F)(F)F)c(Br)c2)CCC[C@H]1C(=O)O. The number of hydrogen-bond acceptors (Lipinski definition) is 3. The zero-order valence-corrected chi connectivity index (χ0v) is 17.4. The molecule has 0 spiro atoms. The van der Waals surface area contributed by atoms with E-state index in [1.807, 2.05) is 6.07 Å². The van der Waals surface area contributed by atoms with Crippen LogP contribution >= 0.6 is 15.9 Å². The lowest BCUT2D eigenvalue weighted by Crippen LogP contribution is -2.38. The van der Waals surface area contributed by atoms with Crippen LogP contribution in [0.3, 0.4) is 0 Å². The lowest BCUT2D eigenvalue weighted by atomic mass is 9.69. The van der Waals surface area contributed by atoms with Crippen molar-refractivity contribution in [2.75, 3.05) is 0 Å². The van der Waals surface area contributed by atoms with Gasteiger partial charge in [0.2, 0.25) is 0 Å². The van der Waals surface area contributed by atoms with Crippen molar-refractivity contribution in [1.82, 2.24) is 0 Å². The molecule has 0 radical (unpaired) electrons. The van der Waals surface area contributed by atoms with Crippen molar-refractivity contribution in [2.24, 2.45) is 11.8 Å². The highest BCUT2D eigenvalue weighted by atomic mass is 79.9. The van der Waals surface area contributed by atoms with Gasteiger partial charge >= 0.3 is 18.1 Å². The lowest BCUT2D eigenvalue weighted by molar-refractivity contribution is -0.161. The number of benzene rings is 2. The Bertz CT molecular complexity index is 914. The Kier molecular flexibility index (Phi) is 6.85. The van der Waals surface area contributed by atoms with Crippen molar-refractivity contribution < 1.29 is 32.6 Å². The smallest absolute Gasteiger partial charge is 0.417 e. The molecule has 160 valence electrons. The van der Waals surface area contributed by atoms with E-state index in [-0.39, 0.29) is 11.1 Å². The van der Waals surface area contributed by atoms with Gasteiger partial charge in [-0.1, -0.05) is 58.7 Å². The maximum Gasteiger partial charge on any atom is 0.417 e. The molecule has 1 aliphatic carbocycles. The Morgan fingerprint density at radius 1 is 1.10 bits per heavy atom. The number of halogens is 4. The van der Waals surface area contributed by atoms with E-state index in [0.29, 0.717) is 24.8 Å². The summed E-state index contributed by atoms with van der Waals surface area (Å²) in [5.41, 5.74) is 0.435. The monoisotopic (exact) mass is 484 g/mol. The van der Waals surface area contributed by atoms with Crippen LogP contribution in [0.2, 0.25) is 0 Å². The van der Waals surface area contributed by atoms with Crippen LogP contribution < -0.4 is 0 Å². The number of hydrogen-bond donors (Lipinski definition) is 1. The van der Waals surface area contributed by atoms with Gasteiger partial charge in [-0.05, 0) is 42.0 Å². The summed E-state index contributed by atoms with van der Waals surface area (Å²) in [5, 5.41) is 9.65. The number of rotatable bonds is 5. The highest BCUT2D eigenvalue weighted by Crippen LogP contribution is 2.44. The Morgan fingerprint density at radius 2 is 1.80 bits per heavy atom. The third-order valence-electron chi connectivity index (χ3n) is 5.44. The Labute approximate surface area is 180 Å². The molecule has 1 saturated carbocycles.